The number of aromatic amines is 1. The molecule has 0 aliphatic carbocycles. The molecule has 0 saturated carbocycles. The van der Waals surface area contributed by atoms with Gasteiger partial charge in [0.2, 0.25) is 5.91 Å². The van der Waals surface area contributed by atoms with Gasteiger partial charge in [0.1, 0.15) is 5.82 Å². The van der Waals surface area contributed by atoms with Crippen molar-refractivity contribution in [3.63, 3.8) is 0 Å². The summed E-state index contributed by atoms with van der Waals surface area (Å²) in [5.41, 5.74) is 5.88. The number of anilines is 2. The third kappa shape index (κ3) is 3.89. The number of nitrogens with one attached hydrogen (secondary N) is 2. The molecule has 1 aromatic heterocycles. The fraction of sp³-hybridized carbons (Fsp3) is 0.0625. The lowest BCUT2D eigenvalue weighted by molar-refractivity contribution is -0.113. The third-order valence-corrected chi connectivity index (χ3v) is 3.99. The first-order valence-electron chi connectivity index (χ1n) is 6.88. The quantitative estimate of drug-likeness (QED) is 0.504. The molecule has 1 heterocycles. The van der Waals surface area contributed by atoms with Gasteiger partial charge in [-0.15, -0.1) is 0 Å². The first-order valence-corrected chi connectivity index (χ1v) is 7.87. The fourth-order valence-corrected chi connectivity index (χ4v) is 2.80. The summed E-state index contributed by atoms with van der Waals surface area (Å²) in [5, 5.41) is 5.31. The number of nitrogens with zero attached hydrogens (tertiary/aromatic N) is 1. The lowest BCUT2D eigenvalue weighted by Gasteiger charge is -2.06. The Bertz CT molecular complexity index is 923. The Morgan fingerprint density at radius 3 is 2.74 bits per heavy atom. The number of carbonyl (C=O) groups excluding carboxylic acids is 1. The first-order chi connectivity index (χ1) is 11.1. The van der Waals surface area contributed by atoms with Gasteiger partial charge in [-0.1, -0.05) is 42.1 Å². The summed E-state index contributed by atoms with van der Waals surface area (Å²) >= 11 is 1.12. The molecule has 0 unspecified atom stereocenters. The van der Waals surface area contributed by atoms with Crippen LogP contribution in [0.25, 0.3) is 10.8 Å². The molecular formula is C16H14N4O2S. The van der Waals surface area contributed by atoms with E-state index in [0.717, 1.165) is 28.2 Å². The van der Waals surface area contributed by atoms with Crippen LogP contribution in [0, 0.1) is 0 Å². The van der Waals surface area contributed by atoms with Gasteiger partial charge in [-0.3, -0.25) is 9.59 Å². The second-order valence-corrected chi connectivity index (χ2v) is 5.84. The minimum atomic E-state index is -0.338. The topological polar surface area (TPSA) is 101 Å². The molecular weight excluding hydrogens is 312 g/mol. The van der Waals surface area contributed by atoms with E-state index < -0.39 is 0 Å². The van der Waals surface area contributed by atoms with Crippen LogP contribution in [0.2, 0.25) is 0 Å². The Labute approximate surface area is 136 Å². The maximum Gasteiger partial charge on any atom is 0.253 e. The highest BCUT2D eigenvalue weighted by atomic mass is 32.2. The van der Waals surface area contributed by atoms with Crippen LogP contribution in [-0.2, 0) is 4.79 Å². The van der Waals surface area contributed by atoms with Crippen molar-refractivity contribution in [3.05, 3.63) is 58.9 Å². The van der Waals surface area contributed by atoms with Crippen molar-refractivity contribution in [1.29, 1.82) is 0 Å². The number of aromatic nitrogens is 2. The second-order valence-electron chi connectivity index (χ2n) is 4.87. The van der Waals surface area contributed by atoms with E-state index in [1.54, 1.807) is 0 Å². The van der Waals surface area contributed by atoms with Crippen LogP contribution < -0.4 is 16.6 Å². The molecule has 3 aromatic rings. The van der Waals surface area contributed by atoms with Gasteiger partial charge < -0.3 is 16.0 Å². The summed E-state index contributed by atoms with van der Waals surface area (Å²) in [6, 6.07) is 14.8. The average molecular weight is 326 g/mol. The Balaban J connectivity index is 1.65. The van der Waals surface area contributed by atoms with Gasteiger partial charge in [0.05, 0.1) is 5.75 Å². The number of fused-ring (bicyclic) bond motifs is 1. The number of amides is 1. The smallest absolute Gasteiger partial charge is 0.253 e. The molecule has 0 atom stereocenters. The number of nitrogens with two attached hydrogens (primary N) is 1. The van der Waals surface area contributed by atoms with Gasteiger partial charge in [-0.05, 0) is 22.9 Å². The molecule has 0 saturated heterocycles. The molecule has 4 N–H and O–H groups in total. The number of rotatable bonds is 4. The Morgan fingerprint density at radius 1 is 1.17 bits per heavy atom. The summed E-state index contributed by atoms with van der Waals surface area (Å²) in [6.45, 7) is 0. The van der Waals surface area contributed by atoms with Gasteiger partial charge >= 0.3 is 0 Å². The highest BCUT2D eigenvalue weighted by molar-refractivity contribution is 7.99. The van der Waals surface area contributed by atoms with Crippen molar-refractivity contribution >= 4 is 39.9 Å². The van der Waals surface area contributed by atoms with Crippen LogP contribution >= 0.6 is 11.8 Å². The molecule has 3 rings (SSSR count). The lowest BCUT2D eigenvalue weighted by atomic mass is 10.1. The molecule has 0 radical (unpaired) electrons. The highest BCUT2D eigenvalue weighted by Crippen LogP contribution is 2.19. The zero-order valence-corrected chi connectivity index (χ0v) is 12.9. The van der Waals surface area contributed by atoms with Crippen LogP contribution in [-0.4, -0.2) is 21.6 Å². The van der Waals surface area contributed by atoms with E-state index in [9.17, 15) is 9.59 Å². The maximum absolute atomic E-state index is 12.0. The van der Waals surface area contributed by atoms with Crippen molar-refractivity contribution in [2.24, 2.45) is 0 Å². The van der Waals surface area contributed by atoms with Crippen LogP contribution in [0.15, 0.2) is 58.5 Å². The average Bonchev–Trinajstić information content (AvgIpc) is 2.52. The van der Waals surface area contributed by atoms with E-state index in [1.165, 1.54) is 6.07 Å². The van der Waals surface area contributed by atoms with Gasteiger partial charge in [-0.25, -0.2) is 4.98 Å². The van der Waals surface area contributed by atoms with Gasteiger partial charge in [-0.2, -0.15) is 0 Å². The summed E-state index contributed by atoms with van der Waals surface area (Å²) in [5.74, 6) is 0.0701. The zero-order chi connectivity index (χ0) is 16.2. The van der Waals surface area contributed by atoms with Crippen molar-refractivity contribution in [2.45, 2.75) is 5.16 Å². The van der Waals surface area contributed by atoms with Crippen LogP contribution in [0.5, 0.6) is 0 Å². The molecule has 1 amide bonds. The fourth-order valence-electron chi connectivity index (χ4n) is 2.12. The van der Waals surface area contributed by atoms with Gasteiger partial charge in [0.25, 0.3) is 5.56 Å². The Hall–Kier alpha value is -2.80. The van der Waals surface area contributed by atoms with Crippen molar-refractivity contribution in [1.82, 2.24) is 9.97 Å². The van der Waals surface area contributed by atoms with Crippen molar-refractivity contribution in [3.8, 4) is 0 Å². The zero-order valence-electron chi connectivity index (χ0n) is 12.1. The van der Waals surface area contributed by atoms with Gasteiger partial charge in [0, 0.05) is 11.8 Å². The molecule has 0 spiro atoms. The highest BCUT2D eigenvalue weighted by Gasteiger charge is 2.06. The normalized spacial score (nSPS) is 10.6. The largest absolute Gasteiger partial charge is 0.383 e. The number of hydrogen-bond acceptors (Lipinski definition) is 5. The first kappa shape index (κ1) is 15.1. The molecule has 0 fully saturated rings. The maximum atomic E-state index is 12.0. The van der Waals surface area contributed by atoms with E-state index in [2.05, 4.69) is 15.3 Å². The molecule has 23 heavy (non-hydrogen) atoms. The van der Waals surface area contributed by atoms with Crippen LogP contribution in [0.3, 0.4) is 0 Å². The van der Waals surface area contributed by atoms with E-state index in [4.69, 9.17) is 5.73 Å². The number of carbonyl (C=O) groups is 1. The lowest BCUT2D eigenvalue weighted by Crippen LogP contribution is -2.15. The van der Waals surface area contributed by atoms with Crippen LogP contribution in [0.4, 0.5) is 11.5 Å². The standard InChI is InChI=1S/C16H14N4O2S/c17-13-8-14(21)20-16(19-13)23-9-15(22)18-12-6-5-10-3-1-2-4-11(10)7-12/h1-8H,9H2,(H,18,22)(H3,17,19,20,21). The molecule has 2 aromatic carbocycles. The van der Waals surface area contributed by atoms with E-state index >= 15 is 0 Å². The number of thioether (sulfide) groups is 1. The number of H-pyrrole nitrogens is 1. The number of benzene rings is 2. The van der Waals surface area contributed by atoms with Crippen molar-refractivity contribution in [2.75, 3.05) is 16.8 Å². The summed E-state index contributed by atoms with van der Waals surface area (Å²) < 4.78 is 0. The Kier molecular flexibility index (Phi) is 4.29. The van der Waals surface area contributed by atoms with E-state index in [0.29, 0.717) is 5.16 Å². The van der Waals surface area contributed by atoms with E-state index in [1.807, 2.05) is 42.5 Å². The summed E-state index contributed by atoms with van der Waals surface area (Å²) in [7, 11) is 0. The molecule has 6 nitrogen and oxygen atoms in total. The second kappa shape index (κ2) is 6.53. The number of hydrogen-bond donors (Lipinski definition) is 3. The molecule has 0 bridgehead atoms. The Morgan fingerprint density at radius 2 is 1.96 bits per heavy atom. The van der Waals surface area contributed by atoms with Crippen molar-refractivity contribution < 1.29 is 4.79 Å². The third-order valence-electron chi connectivity index (χ3n) is 3.11. The minimum absolute atomic E-state index is 0.124. The van der Waals surface area contributed by atoms with Crippen LogP contribution in [0.1, 0.15) is 0 Å². The number of nitrogen functional groups attached to an aromatic ring is 1. The molecule has 0 aliphatic rings. The summed E-state index contributed by atoms with van der Waals surface area (Å²) in [6.07, 6.45) is 0. The predicted molar refractivity (Wildman–Crippen MR) is 92.6 cm³/mol. The molecule has 116 valence electrons. The minimum Gasteiger partial charge on any atom is -0.383 e. The monoisotopic (exact) mass is 326 g/mol. The molecule has 7 heteroatoms. The van der Waals surface area contributed by atoms with E-state index in [-0.39, 0.29) is 23.0 Å². The predicted octanol–water partition coefficient (Wildman–Crippen LogP) is 2.24. The SMILES string of the molecule is Nc1cc(=O)[nH]c(SCC(=O)Nc2ccc3ccccc3c2)n1. The molecule has 0 aliphatic heterocycles. The van der Waals surface area contributed by atoms with Gasteiger partial charge in [0.15, 0.2) is 5.16 Å². The summed E-state index contributed by atoms with van der Waals surface area (Å²) in [4.78, 5) is 29.8.